The van der Waals surface area contributed by atoms with Crippen molar-refractivity contribution in [3.8, 4) is 0 Å². The van der Waals surface area contributed by atoms with Gasteiger partial charge in [0.05, 0.1) is 5.60 Å². The SMILES string of the molecule is CC(C)C(=O)N1CCCCC1C(=O)N1CCC(O)(Cc2cccc(F)c2)CC1. The fourth-order valence-corrected chi connectivity index (χ4v) is 4.34. The Morgan fingerprint density at radius 2 is 1.93 bits per heavy atom. The van der Waals surface area contributed by atoms with E-state index >= 15 is 0 Å². The lowest BCUT2D eigenvalue weighted by Gasteiger charge is -2.42. The number of amides is 2. The van der Waals surface area contributed by atoms with E-state index in [0.29, 0.717) is 45.3 Å². The molecule has 1 atom stereocenters. The number of aliphatic hydroxyl groups is 1. The lowest BCUT2D eigenvalue weighted by molar-refractivity contribution is -0.151. The summed E-state index contributed by atoms with van der Waals surface area (Å²) in [6, 6.07) is 5.93. The molecule has 2 aliphatic heterocycles. The second kappa shape index (κ2) is 8.60. The van der Waals surface area contributed by atoms with E-state index in [1.165, 1.54) is 12.1 Å². The van der Waals surface area contributed by atoms with E-state index in [-0.39, 0.29) is 29.6 Å². The maximum atomic E-state index is 13.4. The number of piperidine rings is 2. The van der Waals surface area contributed by atoms with E-state index in [1.807, 2.05) is 19.9 Å². The molecule has 0 aromatic heterocycles. The number of halogens is 1. The van der Waals surface area contributed by atoms with Gasteiger partial charge in [-0.15, -0.1) is 0 Å². The first-order chi connectivity index (χ1) is 13.3. The van der Waals surface area contributed by atoms with Gasteiger partial charge in [-0.1, -0.05) is 26.0 Å². The van der Waals surface area contributed by atoms with Crippen LogP contribution in [-0.2, 0) is 16.0 Å². The summed E-state index contributed by atoms with van der Waals surface area (Å²) < 4.78 is 13.4. The largest absolute Gasteiger partial charge is 0.389 e. The highest BCUT2D eigenvalue weighted by Crippen LogP contribution is 2.29. The van der Waals surface area contributed by atoms with Crippen LogP contribution in [0.2, 0.25) is 0 Å². The second-order valence-electron chi connectivity index (χ2n) is 8.55. The molecule has 1 aromatic carbocycles. The molecule has 154 valence electrons. The van der Waals surface area contributed by atoms with Crippen LogP contribution in [0.3, 0.4) is 0 Å². The average Bonchev–Trinajstić information content (AvgIpc) is 2.67. The lowest BCUT2D eigenvalue weighted by Crippen LogP contribution is -2.57. The molecular formula is C22H31FN2O3. The van der Waals surface area contributed by atoms with Crippen LogP contribution in [0.1, 0.15) is 51.5 Å². The summed E-state index contributed by atoms with van der Waals surface area (Å²) >= 11 is 0. The van der Waals surface area contributed by atoms with E-state index in [2.05, 4.69) is 0 Å². The van der Waals surface area contributed by atoms with Crippen molar-refractivity contribution in [2.45, 2.75) is 64.0 Å². The number of carbonyl (C=O) groups is 2. The predicted octanol–water partition coefficient (Wildman–Crippen LogP) is 2.76. The number of likely N-dealkylation sites (tertiary alicyclic amines) is 2. The van der Waals surface area contributed by atoms with Crippen LogP contribution in [0, 0.1) is 11.7 Å². The predicted molar refractivity (Wildman–Crippen MR) is 105 cm³/mol. The lowest BCUT2D eigenvalue weighted by atomic mass is 9.85. The molecule has 2 heterocycles. The first-order valence-electron chi connectivity index (χ1n) is 10.4. The highest BCUT2D eigenvalue weighted by molar-refractivity contribution is 5.88. The minimum atomic E-state index is -0.926. The Morgan fingerprint density at radius 1 is 1.21 bits per heavy atom. The van der Waals surface area contributed by atoms with Gasteiger partial charge in [-0.25, -0.2) is 4.39 Å². The van der Waals surface area contributed by atoms with Crippen molar-refractivity contribution < 1.29 is 19.1 Å². The molecule has 2 amide bonds. The minimum absolute atomic E-state index is 0.00139. The molecule has 1 aromatic rings. The van der Waals surface area contributed by atoms with Crippen LogP contribution in [0.4, 0.5) is 4.39 Å². The zero-order valence-corrected chi connectivity index (χ0v) is 16.9. The normalized spacial score (nSPS) is 22.4. The molecule has 0 bridgehead atoms. The first-order valence-corrected chi connectivity index (χ1v) is 10.4. The van der Waals surface area contributed by atoms with Crippen LogP contribution in [0.15, 0.2) is 24.3 Å². The Labute approximate surface area is 166 Å². The third-order valence-corrected chi connectivity index (χ3v) is 5.99. The Bertz CT molecular complexity index is 713. The van der Waals surface area contributed by atoms with Gasteiger partial charge in [0.25, 0.3) is 0 Å². The van der Waals surface area contributed by atoms with E-state index in [4.69, 9.17) is 0 Å². The molecule has 2 saturated heterocycles. The molecule has 1 N–H and O–H groups in total. The molecule has 1 unspecified atom stereocenters. The van der Waals surface area contributed by atoms with Crippen LogP contribution in [0.5, 0.6) is 0 Å². The monoisotopic (exact) mass is 390 g/mol. The molecule has 0 spiro atoms. The van der Waals surface area contributed by atoms with Gasteiger partial charge < -0.3 is 14.9 Å². The van der Waals surface area contributed by atoms with Gasteiger partial charge >= 0.3 is 0 Å². The molecule has 5 nitrogen and oxygen atoms in total. The van der Waals surface area contributed by atoms with E-state index in [1.54, 1.807) is 15.9 Å². The van der Waals surface area contributed by atoms with Gasteiger partial charge in [0.15, 0.2) is 0 Å². The van der Waals surface area contributed by atoms with E-state index in [9.17, 15) is 19.1 Å². The smallest absolute Gasteiger partial charge is 0.245 e. The maximum absolute atomic E-state index is 13.4. The van der Waals surface area contributed by atoms with Crippen molar-refractivity contribution >= 4 is 11.8 Å². The average molecular weight is 390 g/mol. The topological polar surface area (TPSA) is 60.9 Å². The van der Waals surface area contributed by atoms with Crippen molar-refractivity contribution in [1.82, 2.24) is 9.80 Å². The highest BCUT2D eigenvalue weighted by Gasteiger charge is 2.39. The molecule has 28 heavy (non-hydrogen) atoms. The molecule has 0 radical (unpaired) electrons. The number of benzene rings is 1. The van der Waals surface area contributed by atoms with Gasteiger partial charge in [0.2, 0.25) is 11.8 Å². The molecule has 0 aliphatic carbocycles. The van der Waals surface area contributed by atoms with Crippen LogP contribution in [-0.4, -0.2) is 58.0 Å². The zero-order valence-electron chi connectivity index (χ0n) is 16.9. The highest BCUT2D eigenvalue weighted by atomic mass is 19.1. The molecule has 6 heteroatoms. The number of hydrogen-bond acceptors (Lipinski definition) is 3. The molecule has 2 aliphatic rings. The minimum Gasteiger partial charge on any atom is -0.389 e. The zero-order chi connectivity index (χ0) is 20.3. The Hall–Kier alpha value is -1.95. The summed E-state index contributed by atoms with van der Waals surface area (Å²) in [5.41, 5.74) is -0.159. The summed E-state index contributed by atoms with van der Waals surface area (Å²) in [5.74, 6) is -0.383. The van der Waals surface area contributed by atoms with Gasteiger partial charge in [0.1, 0.15) is 11.9 Å². The summed E-state index contributed by atoms with van der Waals surface area (Å²) in [5, 5.41) is 10.9. The van der Waals surface area contributed by atoms with Crippen molar-refractivity contribution in [2.75, 3.05) is 19.6 Å². The summed E-state index contributed by atoms with van der Waals surface area (Å²) in [6.07, 6.45) is 3.90. The van der Waals surface area contributed by atoms with Crippen LogP contribution >= 0.6 is 0 Å². The van der Waals surface area contributed by atoms with Gasteiger partial charge in [0, 0.05) is 32.0 Å². The standard InChI is InChI=1S/C22H31FN2O3/c1-16(2)20(26)25-11-4-3-8-19(25)21(27)24-12-9-22(28,10-13-24)15-17-6-5-7-18(23)14-17/h5-7,14,16,19,28H,3-4,8-13,15H2,1-2H3. The quantitative estimate of drug-likeness (QED) is 0.860. The summed E-state index contributed by atoms with van der Waals surface area (Å²) in [6.45, 7) is 5.30. The fourth-order valence-electron chi connectivity index (χ4n) is 4.34. The fraction of sp³-hybridized carbons (Fsp3) is 0.636. The van der Waals surface area contributed by atoms with E-state index < -0.39 is 5.60 Å². The number of carbonyl (C=O) groups excluding carboxylic acids is 2. The third kappa shape index (κ3) is 4.72. The van der Waals surface area contributed by atoms with Gasteiger partial charge in [-0.05, 0) is 49.8 Å². The van der Waals surface area contributed by atoms with E-state index in [0.717, 1.165) is 18.4 Å². The number of rotatable bonds is 4. The van der Waals surface area contributed by atoms with Crippen molar-refractivity contribution in [3.63, 3.8) is 0 Å². The maximum Gasteiger partial charge on any atom is 0.245 e. The van der Waals surface area contributed by atoms with Crippen molar-refractivity contribution in [2.24, 2.45) is 5.92 Å². The first kappa shape index (κ1) is 20.8. The Kier molecular flexibility index (Phi) is 6.38. The molecule has 3 rings (SSSR count). The number of hydrogen-bond donors (Lipinski definition) is 1. The Balaban J connectivity index is 1.61. The molecule has 0 saturated carbocycles. The summed E-state index contributed by atoms with van der Waals surface area (Å²) in [4.78, 5) is 29.2. The molecular weight excluding hydrogens is 359 g/mol. The van der Waals surface area contributed by atoms with Crippen molar-refractivity contribution in [3.05, 3.63) is 35.6 Å². The third-order valence-electron chi connectivity index (χ3n) is 5.99. The Morgan fingerprint density at radius 3 is 2.57 bits per heavy atom. The van der Waals surface area contributed by atoms with Crippen LogP contribution in [0.25, 0.3) is 0 Å². The second-order valence-corrected chi connectivity index (χ2v) is 8.55. The summed E-state index contributed by atoms with van der Waals surface area (Å²) in [7, 11) is 0. The van der Waals surface area contributed by atoms with Gasteiger partial charge in [-0.3, -0.25) is 9.59 Å². The van der Waals surface area contributed by atoms with Crippen molar-refractivity contribution in [1.29, 1.82) is 0 Å². The van der Waals surface area contributed by atoms with Crippen LogP contribution < -0.4 is 0 Å². The van der Waals surface area contributed by atoms with Gasteiger partial charge in [-0.2, -0.15) is 0 Å². The number of nitrogens with zero attached hydrogens (tertiary/aromatic N) is 2. The molecule has 2 fully saturated rings.